The lowest BCUT2D eigenvalue weighted by Crippen LogP contribution is -2.26. The molecule has 0 spiro atoms. The fraction of sp³-hybridized carbons (Fsp3) is 0.222. The van der Waals surface area contributed by atoms with Gasteiger partial charge in [-0.3, -0.25) is 4.79 Å². The number of alkyl halides is 6. The zero-order chi connectivity index (χ0) is 13.4. The van der Waals surface area contributed by atoms with Gasteiger partial charge in [-0.05, 0) is 18.2 Å². The third-order valence-electron chi connectivity index (χ3n) is 1.79. The van der Waals surface area contributed by atoms with E-state index in [1.165, 1.54) is 0 Å². The smallest absolute Gasteiger partial charge is 0.284 e. The molecular weight excluding hydrogens is 274 g/mol. The summed E-state index contributed by atoms with van der Waals surface area (Å²) in [6, 6.07) is 1.44. The zero-order valence-corrected chi connectivity index (χ0v) is 8.54. The third kappa shape index (κ3) is 3.12. The number of Topliss-reactive ketones (excluding diaryl/α,β-unsaturated/α-hetero) is 1. The number of carbonyl (C=O) groups excluding carboxylic acids is 1. The maximum Gasteiger partial charge on any atom is 0.454 e. The molecule has 0 aromatic heterocycles. The van der Waals surface area contributed by atoms with Crippen LogP contribution in [0.1, 0.15) is 15.9 Å². The van der Waals surface area contributed by atoms with Crippen molar-refractivity contribution in [2.45, 2.75) is 12.4 Å². The zero-order valence-electron chi connectivity index (χ0n) is 7.79. The molecular formula is C9H3ClF6O. The molecule has 0 atom stereocenters. The summed E-state index contributed by atoms with van der Waals surface area (Å²) in [5, 5.41) is -0.384. The molecule has 0 bridgehead atoms. The monoisotopic (exact) mass is 276 g/mol. The standard InChI is InChI=1S/C9H3ClF6O/c10-4-1-2-6(8(11,12)13)5(3-4)7(17)9(14,15)16/h1-3H. The summed E-state index contributed by atoms with van der Waals surface area (Å²) in [7, 11) is 0. The van der Waals surface area contributed by atoms with E-state index in [1.54, 1.807) is 0 Å². The van der Waals surface area contributed by atoms with Crippen LogP contribution < -0.4 is 0 Å². The van der Waals surface area contributed by atoms with E-state index in [9.17, 15) is 31.1 Å². The van der Waals surface area contributed by atoms with E-state index in [1.807, 2.05) is 0 Å². The summed E-state index contributed by atoms with van der Waals surface area (Å²) in [6.45, 7) is 0. The Kier molecular flexibility index (Phi) is 3.42. The van der Waals surface area contributed by atoms with E-state index in [0.29, 0.717) is 12.1 Å². The molecule has 0 fully saturated rings. The lowest BCUT2D eigenvalue weighted by Gasteiger charge is -2.13. The first-order valence-corrected chi connectivity index (χ1v) is 4.39. The molecule has 94 valence electrons. The maximum atomic E-state index is 12.4. The number of hydrogen-bond donors (Lipinski definition) is 0. The highest BCUT2D eigenvalue weighted by Gasteiger charge is 2.44. The normalized spacial score (nSPS) is 12.6. The number of ketones is 1. The first-order valence-electron chi connectivity index (χ1n) is 4.02. The van der Waals surface area contributed by atoms with Gasteiger partial charge < -0.3 is 0 Å². The largest absolute Gasteiger partial charge is 0.454 e. The van der Waals surface area contributed by atoms with Crippen molar-refractivity contribution in [3.05, 3.63) is 34.3 Å². The van der Waals surface area contributed by atoms with Crippen molar-refractivity contribution in [2.75, 3.05) is 0 Å². The quantitative estimate of drug-likeness (QED) is 0.557. The minimum atomic E-state index is -5.38. The van der Waals surface area contributed by atoms with Crippen molar-refractivity contribution in [3.8, 4) is 0 Å². The molecule has 0 amide bonds. The van der Waals surface area contributed by atoms with Crippen molar-refractivity contribution >= 4 is 17.4 Å². The topological polar surface area (TPSA) is 17.1 Å². The minimum absolute atomic E-state index is 0.335. The van der Waals surface area contributed by atoms with E-state index in [-0.39, 0.29) is 5.02 Å². The van der Waals surface area contributed by atoms with Crippen molar-refractivity contribution < 1.29 is 31.1 Å². The summed E-state index contributed by atoms with van der Waals surface area (Å²) in [5.74, 6) is -2.58. The van der Waals surface area contributed by atoms with Gasteiger partial charge >= 0.3 is 12.4 Å². The molecule has 0 heterocycles. The molecule has 0 aliphatic carbocycles. The van der Waals surface area contributed by atoms with Gasteiger partial charge in [-0.1, -0.05) is 11.6 Å². The van der Waals surface area contributed by atoms with Gasteiger partial charge in [-0.25, -0.2) is 0 Å². The first kappa shape index (κ1) is 13.8. The van der Waals surface area contributed by atoms with Crippen LogP contribution in [0, 0.1) is 0 Å². The van der Waals surface area contributed by atoms with Gasteiger partial charge in [0.1, 0.15) is 0 Å². The van der Waals surface area contributed by atoms with Gasteiger partial charge in [-0.2, -0.15) is 26.3 Å². The van der Waals surface area contributed by atoms with Crippen LogP contribution in [0.4, 0.5) is 26.3 Å². The van der Waals surface area contributed by atoms with Crippen LogP contribution in [0.2, 0.25) is 5.02 Å². The molecule has 0 aliphatic heterocycles. The summed E-state index contributed by atoms with van der Waals surface area (Å²) < 4.78 is 73.3. The minimum Gasteiger partial charge on any atom is -0.284 e. The molecule has 0 N–H and O–H groups in total. The number of benzene rings is 1. The highest BCUT2D eigenvalue weighted by molar-refractivity contribution is 6.31. The summed E-state index contributed by atoms with van der Waals surface area (Å²) in [5.41, 5.74) is -3.17. The fourth-order valence-corrected chi connectivity index (χ4v) is 1.28. The second-order valence-electron chi connectivity index (χ2n) is 3.01. The van der Waals surface area contributed by atoms with Gasteiger partial charge in [-0.15, -0.1) is 0 Å². The molecule has 8 heteroatoms. The van der Waals surface area contributed by atoms with Crippen LogP contribution in [-0.2, 0) is 6.18 Å². The second-order valence-corrected chi connectivity index (χ2v) is 3.45. The Morgan fingerprint density at radius 2 is 1.59 bits per heavy atom. The molecule has 1 rings (SSSR count). The summed E-state index contributed by atoms with van der Waals surface area (Å²) in [6.07, 6.45) is -10.4. The molecule has 0 saturated heterocycles. The average Bonchev–Trinajstić information content (AvgIpc) is 2.13. The average molecular weight is 277 g/mol. The Balaban J connectivity index is 3.41. The highest BCUT2D eigenvalue weighted by atomic mass is 35.5. The lowest BCUT2D eigenvalue weighted by molar-refractivity contribution is -0.138. The Bertz CT molecular complexity index is 448. The van der Waals surface area contributed by atoms with Gasteiger partial charge in [0.15, 0.2) is 0 Å². The van der Waals surface area contributed by atoms with E-state index in [0.717, 1.165) is 6.07 Å². The Labute approximate surface area is 96.0 Å². The van der Waals surface area contributed by atoms with Crippen LogP contribution >= 0.6 is 11.6 Å². The first-order chi connectivity index (χ1) is 7.53. The Morgan fingerprint density at radius 3 is 2.00 bits per heavy atom. The van der Waals surface area contributed by atoms with Gasteiger partial charge in [0, 0.05) is 10.6 Å². The SMILES string of the molecule is O=C(c1cc(Cl)ccc1C(F)(F)F)C(F)(F)F. The Morgan fingerprint density at radius 1 is 1.06 bits per heavy atom. The van der Waals surface area contributed by atoms with Crippen LogP contribution in [0.5, 0.6) is 0 Å². The van der Waals surface area contributed by atoms with E-state index in [4.69, 9.17) is 11.6 Å². The van der Waals surface area contributed by atoms with E-state index >= 15 is 0 Å². The maximum absolute atomic E-state index is 12.4. The molecule has 1 aromatic rings. The predicted molar refractivity (Wildman–Crippen MR) is 46.8 cm³/mol. The molecule has 17 heavy (non-hydrogen) atoms. The van der Waals surface area contributed by atoms with Crippen molar-refractivity contribution in [2.24, 2.45) is 0 Å². The van der Waals surface area contributed by atoms with Crippen molar-refractivity contribution in [3.63, 3.8) is 0 Å². The molecule has 0 radical (unpaired) electrons. The van der Waals surface area contributed by atoms with Crippen molar-refractivity contribution in [1.82, 2.24) is 0 Å². The van der Waals surface area contributed by atoms with Crippen LogP contribution in [0.3, 0.4) is 0 Å². The molecule has 0 aliphatic rings. The second kappa shape index (κ2) is 4.21. The Hall–Kier alpha value is -1.24. The van der Waals surface area contributed by atoms with Crippen molar-refractivity contribution in [1.29, 1.82) is 0 Å². The van der Waals surface area contributed by atoms with Gasteiger partial charge in [0.05, 0.1) is 5.56 Å². The van der Waals surface area contributed by atoms with Crippen LogP contribution in [0.25, 0.3) is 0 Å². The summed E-state index contributed by atoms with van der Waals surface area (Å²) >= 11 is 5.27. The van der Waals surface area contributed by atoms with E-state index in [2.05, 4.69) is 0 Å². The molecule has 1 nitrogen and oxygen atoms in total. The number of halogens is 7. The molecule has 1 aromatic carbocycles. The number of carbonyl (C=O) groups is 1. The third-order valence-corrected chi connectivity index (χ3v) is 2.02. The lowest BCUT2D eigenvalue weighted by atomic mass is 10.0. The fourth-order valence-electron chi connectivity index (χ4n) is 1.10. The van der Waals surface area contributed by atoms with Crippen LogP contribution in [-0.4, -0.2) is 12.0 Å². The van der Waals surface area contributed by atoms with Crippen LogP contribution in [0.15, 0.2) is 18.2 Å². The number of rotatable bonds is 1. The predicted octanol–water partition coefficient (Wildman–Crippen LogP) is 4.10. The number of hydrogen-bond acceptors (Lipinski definition) is 1. The molecule has 0 unspecified atom stereocenters. The molecule has 0 saturated carbocycles. The van der Waals surface area contributed by atoms with Gasteiger partial charge in [0.25, 0.3) is 5.78 Å². The summed E-state index contributed by atoms with van der Waals surface area (Å²) in [4.78, 5) is 10.8. The highest BCUT2D eigenvalue weighted by Crippen LogP contribution is 2.35. The van der Waals surface area contributed by atoms with E-state index < -0.39 is 29.3 Å². The van der Waals surface area contributed by atoms with Gasteiger partial charge in [0.2, 0.25) is 0 Å².